The molecule has 1 fully saturated rings. The summed E-state index contributed by atoms with van der Waals surface area (Å²) in [5.41, 5.74) is -0.404. The zero-order valence-electron chi connectivity index (χ0n) is 13.3. The van der Waals surface area contributed by atoms with Crippen LogP contribution < -0.4 is 5.32 Å². The first-order chi connectivity index (χ1) is 8.79. The molecule has 0 aliphatic heterocycles. The summed E-state index contributed by atoms with van der Waals surface area (Å²) in [4.78, 5) is 12.0. The van der Waals surface area contributed by atoms with Gasteiger partial charge in [0, 0.05) is 6.04 Å². The van der Waals surface area contributed by atoms with Crippen molar-refractivity contribution < 1.29 is 9.53 Å². The summed E-state index contributed by atoms with van der Waals surface area (Å²) >= 11 is 0. The van der Waals surface area contributed by atoms with E-state index >= 15 is 0 Å². The van der Waals surface area contributed by atoms with Gasteiger partial charge in [0.05, 0.1) is 0 Å². The van der Waals surface area contributed by atoms with E-state index in [-0.39, 0.29) is 12.0 Å². The lowest BCUT2D eigenvalue weighted by atomic mass is 9.92. The normalized spacial score (nSPS) is 21.5. The maximum Gasteiger partial charge on any atom is 0.323 e. The van der Waals surface area contributed by atoms with Crippen LogP contribution in [0.5, 0.6) is 0 Å². The molecule has 112 valence electrons. The first-order valence-electron chi connectivity index (χ1n) is 7.78. The molecule has 1 N–H and O–H groups in total. The van der Waals surface area contributed by atoms with E-state index in [1.807, 2.05) is 27.7 Å². The van der Waals surface area contributed by atoms with Gasteiger partial charge in [0.15, 0.2) is 0 Å². The highest BCUT2D eigenvalue weighted by Crippen LogP contribution is 2.25. The van der Waals surface area contributed by atoms with Crippen molar-refractivity contribution in [3.63, 3.8) is 0 Å². The summed E-state index contributed by atoms with van der Waals surface area (Å²) in [6.07, 6.45) is 7.97. The number of hydrogen-bond donors (Lipinski definition) is 1. The SMILES string of the molecule is CC(N[C@@H](C)C1CCCCCC1)C(=O)OC(C)(C)C. The molecule has 0 aromatic carbocycles. The summed E-state index contributed by atoms with van der Waals surface area (Å²) in [6, 6.07) is 0.165. The average molecular weight is 269 g/mol. The van der Waals surface area contributed by atoms with Crippen molar-refractivity contribution in [1.82, 2.24) is 5.32 Å². The van der Waals surface area contributed by atoms with Gasteiger partial charge < -0.3 is 10.1 Å². The molecule has 0 aromatic rings. The van der Waals surface area contributed by atoms with Gasteiger partial charge in [0.1, 0.15) is 11.6 Å². The van der Waals surface area contributed by atoms with Crippen LogP contribution in [0.2, 0.25) is 0 Å². The number of esters is 1. The highest BCUT2D eigenvalue weighted by molar-refractivity contribution is 5.75. The lowest BCUT2D eigenvalue weighted by Crippen LogP contribution is -2.45. The van der Waals surface area contributed by atoms with Gasteiger partial charge in [-0.05, 0) is 53.4 Å². The van der Waals surface area contributed by atoms with E-state index in [0.29, 0.717) is 12.0 Å². The Bertz CT molecular complexity index is 275. The number of ether oxygens (including phenoxy) is 1. The lowest BCUT2D eigenvalue weighted by molar-refractivity contribution is -0.157. The molecular formula is C16H31NO2. The molecule has 19 heavy (non-hydrogen) atoms. The van der Waals surface area contributed by atoms with E-state index in [9.17, 15) is 4.79 Å². The molecule has 1 unspecified atom stereocenters. The van der Waals surface area contributed by atoms with Crippen molar-refractivity contribution in [2.75, 3.05) is 0 Å². The molecule has 3 heteroatoms. The van der Waals surface area contributed by atoms with E-state index in [1.54, 1.807) is 0 Å². The van der Waals surface area contributed by atoms with Gasteiger partial charge in [-0.25, -0.2) is 0 Å². The van der Waals surface area contributed by atoms with Crippen molar-refractivity contribution in [2.45, 2.75) is 90.8 Å². The molecule has 1 aliphatic rings. The van der Waals surface area contributed by atoms with Gasteiger partial charge in [-0.3, -0.25) is 4.79 Å². The quantitative estimate of drug-likeness (QED) is 0.625. The van der Waals surface area contributed by atoms with Gasteiger partial charge in [-0.15, -0.1) is 0 Å². The van der Waals surface area contributed by atoms with Crippen LogP contribution in [0.3, 0.4) is 0 Å². The monoisotopic (exact) mass is 269 g/mol. The number of carbonyl (C=O) groups is 1. The van der Waals surface area contributed by atoms with Gasteiger partial charge >= 0.3 is 5.97 Å². The van der Waals surface area contributed by atoms with Crippen LogP contribution in [0.4, 0.5) is 0 Å². The number of nitrogens with one attached hydrogen (secondary N) is 1. The Morgan fingerprint density at radius 3 is 2.11 bits per heavy atom. The standard InChI is InChI=1S/C16H31NO2/c1-12(14-10-8-6-7-9-11-14)17-13(2)15(18)19-16(3,4)5/h12-14,17H,6-11H2,1-5H3/t12-,13?/m0/s1. The van der Waals surface area contributed by atoms with Crippen LogP contribution in [0.25, 0.3) is 0 Å². The van der Waals surface area contributed by atoms with Crippen LogP contribution >= 0.6 is 0 Å². The van der Waals surface area contributed by atoms with Crippen molar-refractivity contribution in [2.24, 2.45) is 5.92 Å². The topological polar surface area (TPSA) is 38.3 Å². The minimum absolute atomic E-state index is 0.145. The Morgan fingerprint density at radius 2 is 1.63 bits per heavy atom. The number of hydrogen-bond acceptors (Lipinski definition) is 3. The third-order valence-corrected chi connectivity index (χ3v) is 3.88. The van der Waals surface area contributed by atoms with Crippen molar-refractivity contribution in [3.05, 3.63) is 0 Å². The summed E-state index contributed by atoms with van der Waals surface area (Å²) in [7, 11) is 0. The van der Waals surface area contributed by atoms with E-state index in [2.05, 4.69) is 12.2 Å². The summed E-state index contributed by atoms with van der Waals surface area (Å²) < 4.78 is 5.41. The van der Waals surface area contributed by atoms with E-state index in [1.165, 1.54) is 38.5 Å². The number of rotatable bonds is 4. The van der Waals surface area contributed by atoms with Crippen molar-refractivity contribution in [1.29, 1.82) is 0 Å². The fraction of sp³-hybridized carbons (Fsp3) is 0.938. The molecule has 0 aromatic heterocycles. The maximum absolute atomic E-state index is 12.0. The van der Waals surface area contributed by atoms with E-state index in [0.717, 1.165) is 0 Å². The van der Waals surface area contributed by atoms with Gasteiger partial charge in [-0.2, -0.15) is 0 Å². The van der Waals surface area contributed by atoms with Crippen LogP contribution in [-0.4, -0.2) is 23.7 Å². The predicted octanol–water partition coefficient (Wildman–Crippen LogP) is 3.67. The first kappa shape index (κ1) is 16.5. The second-order valence-corrected chi connectivity index (χ2v) is 6.96. The fourth-order valence-corrected chi connectivity index (χ4v) is 2.80. The largest absolute Gasteiger partial charge is 0.459 e. The van der Waals surface area contributed by atoms with Gasteiger partial charge in [0.25, 0.3) is 0 Å². The molecule has 1 rings (SSSR count). The molecule has 0 amide bonds. The Kier molecular flexibility index (Phi) is 6.31. The summed E-state index contributed by atoms with van der Waals surface area (Å²) in [5.74, 6) is 0.556. The molecular weight excluding hydrogens is 238 g/mol. The number of carbonyl (C=O) groups excluding carboxylic acids is 1. The van der Waals surface area contributed by atoms with Crippen molar-refractivity contribution >= 4 is 5.97 Å². The molecule has 1 saturated carbocycles. The molecule has 2 atom stereocenters. The molecule has 3 nitrogen and oxygen atoms in total. The third-order valence-electron chi connectivity index (χ3n) is 3.88. The van der Waals surface area contributed by atoms with Crippen LogP contribution in [0.1, 0.15) is 73.1 Å². The smallest absolute Gasteiger partial charge is 0.323 e. The van der Waals surface area contributed by atoms with Crippen molar-refractivity contribution in [3.8, 4) is 0 Å². The molecule has 0 saturated heterocycles. The lowest BCUT2D eigenvalue weighted by Gasteiger charge is -2.28. The molecule has 0 spiro atoms. The van der Waals surface area contributed by atoms with Crippen LogP contribution in [0, 0.1) is 5.92 Å². The Balaban J connectivity index is 2.41. The van der Waals surface area contributed by atoms with E-state index < -0.39 is 5.60 Å². The maximum atomic E-state index is 12.0. The average Bonchev–Trinajstić information content (AvgIpc) is 2.54. The summed E-state index contributed by atoms with van der Waals surface area (Å²) in [5, 5.41) is 3.43. The minimum atomic E-state index is -0.404. The zero-order valence-corrected chi connectivity index (χ0v) is 13.3. The van der Waals surface area contributed by atoms with E-state index in [4.69, 9.17) is 4.74 Å². The minimum Gasteiger partial charge on any atom is -0.459 e. The molecule has 0 bridgehead atoms. The highest BCUT2D eigenvalue weighted by atomic mass is 16.6. The highest BCUT2D eigenvalue weighted by Gasteiger charge is 2.25. The Hall–Kier alpha value is -0.570. The fourth-order valence-electron chi connectivity index (χ4n) is 2.80. The molecule has 0 radical (unpaired) electrons. The second-order valence-electron chi connectivity index (χ2n) is 6.96. The van der Waals surface area contributed by atoms with Crippen LogP contribution in [0.15, 0.2) is 0 Å². The first-order valence-corrected chi connectivity index (χ1v) is 7.78. The van der Waals surface area contributed by atoms with Gasteiger partial charge in [0.2, 0.25) is 0 Å². The van der Waals surface area contributed by atoms with Gasteiger partial charge in [-0.1, -0.05) is 25.7 Å². The molecule has 0 heterocycles. The summed E-state index contributed by atoms with van der Waals surface area (Å²) in [6.45, 7) is 9.84. The predicted molar refractivity (Wildman–Crippen MR) is 79.1 cm³/mol. The van der Waals surface area contributed by atoms with Crippen LogP contribution in [-0.2, 0) is 9.53 Å². The Morgan fingerprint density at radius 1 is 1.11 bits per heavy atom. The Labute approximate surface area is 118 Å². The second kappa shape index (κ2) is 7.28. The molecule has 1 aliphatic carbocycles. The zero-order chi connectivity index (χ0) is 14.5. The third kappa shape index (κ3) is 6.42.